The Morgan fingerprint density at radius 2 is 2.03 bits per heavy atom. The molecule has 1 saturated heterocycles. The van der Waals surface area contributed by atoms with Crippen LogP contribution in [-0.4, -0.2) is 71.8 Å². The van der Waals surface area contributed by atoms with Gasteiger partial charge in [0.25, 0.3) is 0 Å². The third-order valence-electron chi connectivity index (χ3n) is 4.74. The molecular weight excluding hydrogens is 413 g/mol. The molecule has 0 spiro atoms. The van der Waals surface area contributed by atoms with Gasteiger partial charge in [-0.1, -0.05) is 5.16 Å². The van der Waals surface area contributed by atoms with Crippen LogP contribution in [0, 0.1) is 6.92 Å². The van der Waals surface area contributed by atoms with Gasteiger partial charge in [0.1, 0.15) is 12.4 Å². The van der Waals surface area contributed by atoms with Crippen LogP contribution in [0.2, 0.25) is 0 Å². The Morgan fingerprint density at radius 1 is 1.26 bits per heavy atom. The maximum atomic E-state index is 12.6. The van der Waals surface area contributed by atoms with E-state index in [1.165, 1.54) is 6.07 Å². The molecular formula is C20H27F3N6O2. The molecule has 0 aliphatic carbocycles. The molecule has 0 radical (unpaired) electrons. The van der Waals surface area contributed by atoms with Gasteiger partial charge in [0.2, 0.25) is 5.88 Å². The summed E-state index contributed by atoms with van der Waals surface area (Å²) in [5.41, 5.74) is 0.130. The molecule has 0 aromatic carbocycles. The number of alkyl halides is 3. The van der Waals surface area contributed by atoms with Crippen molar-refractivity contribution in [1.29, 1.82) is 0 Å². The zero-order valence-corrected chi connectivity index (χ0v) is 17.7. The zero-order valence-electron chi connectivity index (χ0n) is 17.7. The van der Waals surface area contributed by atoms with E-state index in [2.05, 4.69) is 30.2 Å². The Balaban J connectivity index is 1.45. The van der Waals surface area contributed by atoms with Crippen molar-refractivity contribution in [1.82, 2.24) is 25.3 Å². The maximum Gasteiger partial charge on any atom is 0.417 e. The summed E-state index contributed by atoms with van der Waals surface area (Å²) in [6.07, 6.45) is -3.64. The van der Waals surface area contributed by atoms with Crippen LogP contribution in [-0.2, 0) is 12.7 Å². The molecule has 2 aromatic rings. The topological polar surface area (TPSA) is 79.0 Å². The predicted molar refractivity (Wildman–Crippen MR) is 109 cm³/mol. The summed E-state index contributed by atoms with van der Waals surface area (Å²) >= 11 is 0. The number of pyridine rings is 1. The van der Waals surface area contributed by atoms with Crippen LogP contribution in [0.25, 0.3) is 0 Å². The first-order chi connectivity index (χ1) is 14.8. The van der Waals surface area contributed by atoms with E-state index in [0.717, 1.165) is 68.9 Å². The fraction of sp³-hybridized carbons (Fsp3) is 0.550. The summed E-state index contributed by atoms with van der Waals surface area (Å²) in [5, 5.41) is 7.32. The molecule has 1 aliphatic rings. The van der Waals surface area contributed by atoms with Crippen LogP contribution in [0.15, 0.2) is 33.9 Å². The number of rotatable bonds is 7. The number of aliphatic imine (C=N–C) groups is 1. The third-order valence-corrected chi connectivity index (χ3v) is 4.74. The van der Waals surface area contributed by atoms with E-state index in [-0.39, 0.29) is 12.5 Å². The lowest BCUT2D eigenvalue weighted by molar-refractivity contribution is -0.137. The van der Waals surface area contributed by atoms with E-state index in [4.69, 9.17) is 9.26 Å². The minimum absolute atomic E-state index is 0.143. The molecule has 0 bridgehead atoms. The highest BCUT2D eigenvalue weighted by atomic mass is 19.4. The summed E-state index contributed by atoms with van der Waals surface area (Å²) in [4.78, 5) is 12.8. The number of ether oxygens (including phenoxy) is 1. The van der Waals surface area contributed by atoms with Crippen LogP contribution >= 0.6 is 0 Å². The average Bonchev–Trinajstić information content (AvgIpc) is 3.15. The standard InChI is InChI=1S/C20H27F3N6O2/c1-3-24-19(25-6-11-30-18-5-4-16(13-26-18)20(21,22)23)29-9-7-28(8-10-29)14-17-12-15(2)31-27-17/h4-5,12-13H,3,6-11,14H2,1-2H3,(H,24,25). The maximum absolute atomic E-state index is 12.6. The Kier molecular flexibility index (Phi) is 7.72. The summed E-state index contributed by atoms with van der Waals surface area (Å²) in [6, 6.07) is 4.12. The summed E-state index contributed by atoms with van der Waals surface area (Å²) < 4.78 is 48.3. The van der Waals surface area contributed by atoms with Gasteiger partial charge in [0, 0.05) is 57.6 Å². The molecule has 1 N–H and O–H groups in total. The van der Waals surface area contributed by atoms with E-state index in [0.29, 0.717) is 6.54 Å². The van der Waals surface area contributed by atoms with Crippen molar-refractivity contribution in [3.63, 3.8) is 0 Å². The zero-order chi connectivity index (χ0) is 22.3. The van der Waals surface area contributed by atoms with Crippen LogP contribution in [0.1, 0.15) is 23.9 Å². The molecule has 1 aliphatic heterocycles. The molecule has 3 rings (SSSR count). The van der Waals surface area contributed by atoms with Crippen molar-refractivity contribution >= 4 is 5.96 Å². The normalized spacial score (nSPS) is 15.9. The summed E-state index contributed by atoms with van der Waals surface area (Å²) in [7, 11) is 0. The molecule has 3 heterocycles. The van der Waals surface area contributed by atoms with Crippen LogP contribution in [0.5, 0.6) is 5.88 Å². The second kappa shape index (κ2) is 10.5. The third kappa shape index (κ3) is 6.84. The fourth-order valence-electron chi connectivity index (χ4n) is 3.20. The molecule has 170 valence electrons. The fourth-order valence-corrected chi connectivity index (χ4v) is 3.20. The predicted octanol–water partition coefficient (Wildman–Crippen LogP) is 2.56. The Labute approximate surface area is 179 Å². The number of nitrogens with zero attached hydrogens (tertiary/aromatic N) is 5. The molecule has 8 nitrogen and oxygen atoms in total. The quantitative estimate of drug-likeness (QED) is 0.403. The number of hydrogen-bond acceptors (Lipinski definition) is 6. The van der Waals surface area contributed by atoms with E-state index >= 15 is 0 Å². The number of guanidine groups is 1. The molecule has 2 aromatic heterocycles. The van der Waals surface area contributed by atoms with Gasteiger partial charge in [0.15, 0.2) is 5.96 Å². The molecule has 0 saturated carbocycles. The van der Waals surface area contributed by atoms with E-state index in [1.54, 1.807) is 0 Å². The van der Waals surface area contributed by atoms with Gasteiger partial charge in [-0.15, -0.1) is 0 Å². The highest BCUT2D eigenvalue weighted by Gasteiger charge is 2.30. The van der Waals surface area contributed by atoms with Crippen LogP contribution in [0.4, 0.5) is 13.2 Å². The van der Waals surface area contributed by atoms with Gasteiger partial charge in [0.05, 0.1) is 17.8 Å². The lowest BCUT2D eigenvalue weighted by atomic mass is 10.3. The van der Waals surface area contributed by atoms with E-state index in [9.17, 15) is 13.2 Å². The van der Waals surface area contributed by atoms with Crippen molar-refractivity contribution in [2.75, 3.05) is 45.9 Å². The number of piperazine rings is 1. The number of hydrogen-bond donors (Lipinski definition) is 1. The smallest absolute Gasteiger partial charge is 0.417 e. The number of nitrogens with one attached hydrogen (secondary N) is 1. The van der Waals surface area contributed by atoms with Gasteiger partial charge >= 0.3 is 6.18 Å². The number of halogens is 3. The Bertz CT molecular complexity index is 845. The van der Waals surface area contributed by atoms with Gasteiger partial charge in [-0.25, -0.2) is 9.98 Å². The first-order valence-electron chi connectivity index (χ1n) is 10.2. The largest absolute Gasteiger partial charge is 0.476 e. The molecule has 11 heteroatoms. The van der Waals surface area contributed by atoms with Gasteiger partial charge in [-0.05, 0) is 19.9 Å². The van der Waals surface area contributed by atoms with Crippen molar-refractivity contribution in [3.8, 4) is 5.88 Å². The lowest BCUT2D eigenvalue weighted by Crippen LogP contribution is -2.52. The van der Waals surface area contributed by atoms with Crippen molar-refractivity contribution in [3.05, 3.63) is 41.4 Å². The van der Waals surface area contributed by atoms with Gasteiger partial charge in [-0.2, -0.15) is 13.2 Å². The van der Waals surface area contributed by atoms with Crippen molar-refractivity contribution in [2.24, 2.45) is 4.99 Å². The molecule has 0 amide bonds. The van der Waals surface area contributed by atoms with Crippen LogP contribution < -0.4 is 10.1 Å². The highest BCUT2D eigenvalue weighted by Crippen LogP contribution is 2.29. The van der Waals surface area contributed by atoms with Crippen molar-refractivity contribution < 1.29 is 22.4 Å². The minimum atomic E-state index is -4.41. The van der Waals surface area contributed by atoms with Gasteiger partial charge < -0.3 is 19.5 Å². The SMILES string of the molecule is CCNC(=NCCOc1ccc(C(F)(F)F)cn1)N1CCN(Cc2cc(C)on2)CC1. The molecule has 0 unspecified atom stereocenters. The number of aryl methyl sites for hydroxylation is 1. The summed E-state index contributed by atoms with van der Waals surface area (Å²) in [6.45, 7) is 9.36. The van der Waals surface area contributed by atoms with E-state index < -0.39 is 11.7 Å². The molecule has 1 fully saturated rings. The van der Waals surface area contributed by atoms with Gasteiger partial charge in [-0.3, -0.25) is 4.90 Å². The second-order valence-corrected chi connectivity index (χ2v) is 7.16. The molecule has 31 heavy (non-hydrogen) atoms. The van der Waals surface area contributed by atoms with Crippen LogP contribution in [0.3, 0.4) is 0 Å². The lowest BCUT2D eigenvalue weighted by Gasteiger charge is -2.36. The highest BCUT2D eigenvalue weighted by molar-refractivity contribution is 5.80. The molecule has 0 atom stereocenters. The monoisotopic (exact) mass is 440 g/mol. The Hall–Kier alpha value is -2.82. The van der Waals surface area contributed by atoms with Crippen molar-refractivity contribution in [2.45, 2.75) is 26.6 Å². The minimum Gasteiger partial charge on any atom is -0.476 e. The average molecular weight is 440 g/mol. The van der Waals surface area contributed by atoms with E-state index in [1.807, 2.05) is 19.9 Å². The first-order valence-corrected chi connectivity index (χ1v) is 10.2. The first kappa shape index (κ1) is 22.9. The summed E-state index contributed by atoms with van der Waals surface area (Å²) in [5.74, 6) is 1.75. The number of aromatic nitrogens is 2. The second-order valence-electron chi connectivity index (χ2n) is 7.16. The Morgan fingerprint density at radius 3 is 2.61 bits per heavy atom.